The number of ether oxygens (including phenoxy) is 6. The van der Waals surface area contributed by atoms with Crippen LogP contribution in [-0.4, -0.2) is 41.0 Å². The van der Waals surface area contributed by atoms with E-state index in [1.165, 1.54) is 39.5 Å². The Morgan fingerprint density at radius 2 is 1.59 bits per heavy atom. The van der Waals surface area contributed by atoms with E-state index in [-0.39, 0.29) is 16.7 Å². The topological polar surface area (TPSA) is 103 Å². The number of hydrogen-bond donors (Lipinski definition) is 0. The Bertz CT molecular complexity index is 1550. The van der Waals surface area contributed by atoms with E-state index in [2.05, 4.69) is 0 Å². The number of carbonyl (C=O) groups is 1. The van der Waals surface area contributed by atoms with Gasteiger partial charge in [-0.25, -0.2) is 9.59 Å². The van der Waals surface area contributed by atoms with Gasteiger partial charge in [0.15, 0.2) is 23.0 Å². The minimum atomic E-state index is -0.612. The summed E-state index contributed by atoms with van der Waals surface area (Å²) >= 11 is 0. The summed E-state index contributed by atoms with van der Waals surface area (Å²) in [7, 11) is 5.96. The highest BCUT2D eigenvalue weighted by Gasteiger charge is 2.21. The number of hydrogen-bond acceptors (Lipinski definition) is 9. The number of esters is 1. The zero-order chi connectivity index (χ0) is 26.5. The monoisotopic (exact) mass is 506 g/mol. The summed E-state index contributed by atoms with van der Waals surface area (Å²) < 4.78 is 38.1. The molecule has 0 bridgehead atoms. The van der Waals surface area contributed by atoms with E-state index >= 15 is 0 Å². The Morgan fingerprint density at radius 3 is 2.27 bits per heavy atom. The molecule has 4 rings (SSSR count). The van der Waals surface area contributed by atoms with Crippen LogP contribution in [0.5, 0.6) is 34.5 Å². The molecule has 0 radical (unpaired) electrons. The zero-order valence-corrected chi connectivity index (χ0v) is 21.1. The van der Waals surface area contributed by atoms with Gasteiger partial charge in [0.2, 0.25) is 5.75 Å². The molecule has 9 heteroatoms. The fourth-order valence-electron chi connectivity index (χ4n) is 3.97. The summed E-state index contributed by atoms with van der Waals surface area (Å²) in [5.41, 5.74) is 0.341. The largest absolute Gasteiger partial charge is 0.493 e. The fourth-order valence-corrected chi connectivity index (χ4v) is 3.97. The minimum absolute atomic E-state index is 0.202. The third kappa shape index (κ3) is 5.02. The Morgan fingerprint density at radius 1 is 0.838 bits per heavy atom. The smallest absolute Gasteiger partial charge is 0.344 e. The molecule has 0 amide bonds. The second-order valence-electron chi connectivity index (χ2n) is 7.71. The predicted molar refractivity (Wildman–Crippen MR) is 138 cm³/mol. The summed E-state index contributed by atoms with van der Waals surface area (Å²) in [5.74, 6) is 1.76. The van der Waals surface area contributed by atoms with Gasteiger partial charge in [-0.3, -0.25) is 0 Å². The molecule has 9 nitrogen and oxygen atoms in total. The van der Waals surface area contributed by atoms with Crippen LogP contribution in [0.4, 0.5) is 0 Å². The lowest BCUT2D eigenvalue weighted by atomic mass is 10.0. The fraction of sp³-hybridized carbons (Fsp3) is 0.214. The maximum absolute atomic E-state index is 12.8. The molecule has 0 atom stereocenters. The molecule has 0 fully saturated rings. The molecule has 0 N–H and O–H groups in total. The van der Waals surface area contributed by atoms with Crippen LogP contribution < -0.4 is 34.0 Å². The van der Waals surface area contributed by atoms with Crippen molar-refractivity contribution in [1.82, 2.24) is 0 Å². The van der Waals surface area contributed by atoms with Crippen molar-refractivity contribution >= 4 is 33.8 Å². The number of rotatable bonds is 9. The molecule has 0 aliphatic carbocycles. The first-order valence-electron chi connectivity index (χ1n) is 11.3. The maximum atomic E-state index is 12.8. The SMILES string of the molecule is CCOc1ccc(/C=C/C(=O)Oc2ccc3c(c2)oc(=O)c2cc(OC)c(OC)c(OC)c23)cc1OC. The number of fused-ring (bicyclic) bond motifs is 3. The number of carbonyl (C=O) groups excluding carboxylic acids is 1. The first kappa shape index (κ1) is 25.4. The molecule has 3 aromatic carbocycles. The van der Waals surface area contributed by atoms with Gasteiger partial charge in [-0.1, -0.05) is 6.07 Å². The predicted octanol–water partition coefficient (Wildman–Crippen LogP) is 5.00. The van der Waals surface area contributed by atoms with Crippen molar-refractivity contribution in [3.8, 4) is 34.5 Å². The van der Waals surface area contributed by atoms with Gasteiger partial charge in [0.1, 0.15) is 11.3 Å². The van der Waals surface area contributed by atoms with Gasteiger partial charge in [0.05, 0.1) is 40.4 Å². The molecular formula is C28H26O9. The Hall–Kier alpha value is -4.66. The summed E-state index contributed by atoms with van der Waals surface area (Å²) in [5, 5.41) is 1.33. The highest BCUT2D eigenvalue weighted by atomic mass is 16.5. The van der Waals surface area contributed by atoms with Gasteiger partial charge in [0, 0.05) is 22.9 Å². The molecule has 4 aromatic rings. The highest BCUT2D eigenvalue weighted by Crippen LogP contribution is 2.45. The van der Waals surface area contributed by atoms with Crippen LogP contribution in [0.15, 0.2) is 57.8 Å². The van der Waals surface area contributed by atoms with E-state index in [0.717, 1.165) is 5.56 Å². The molecular weight excluding hydrogens is 480 g/mol. The van der Waals surface area contributed by atoms with E-state index in [1.54, 1.807) is 43.5 Å². The second-order valence-corrected chi connectivity index (χ2v) is 7.71. The maximum Gasteiger partial charge on any atom is 0.344 e. The van der Waals surface area contributed by atoms with Crippen LogP contribution in [0.2, 0.25) is 0 Å². The average Bonchev–Trinajstić information content (AvgIpc) is 2.91. The van der Waals surface area contributed by atoms with Crippen molar-refractivity contribution in [2.24, 2.45) is 0 Å². The van der Waals surface area contributed by atoms with E-state index in [9.17, 15) is 9.59 Å². The lowest BCUT2D eigenvalue weighted by Crippen LogP contribution is -2.05. The Kier molecular flexibility index (Phi) is 7.52. The normalized spacial score (nSPS) is 11.1. The average molecular weight is 507 g/mol. The second kappa shape index (κ2) is 10.9. The standard InChI is InChI=1S/C28H26O9/c1-6-35-20-11-7-16(13-22(20)31-2)8-12-24(29)36-17-9-10-18-21(14-17)37-28(30)19-15-23(32-3)26(33-4)27(34-5)25(18)19/h7-15H,6H2,1-5H3/b12-8+. The van der Waals surface area contributed by atoms with E-state index in [1.807, 2.05) is 6.92 Å². The van der Waals surface area contributed by atoms with Crippen molar-refractivity contribution in [3.05, 3.63) is 64.5 Å². The van der Waals surface area contributed by atoms with Crippen LogP contribution in [0.1, 0.15) is 12.5 Å². The van der Waals surface area contributed by atoms with Crippen molar-refractivity contribution in [2.45, 2.75) is 6.92 Å². The van der Waals surface area contributed by atoms with E-state index < -0.39 is 11.6 Å². The molecule has 0 spiro atoms. The molecule has 0 aliphatic heterocycles. The first-order chi connectivity index (χ1) is 17.9. The lowest BCUT2D eigenvalue weighted by Gasteiger charge is -2.15. The number of methoxy groups -OCH3 is 4. The van der Waals surface area contributed by atoms with Gasteiger partial charge in [-0.2, -0.15) is 0 Å². The third-order valence-corrected chi connectivity index (χ3v) is 5.59. The molecule has 1 aromatic heterocycles. The molecule has 37 heavy (non-hydrogen) atoms. The first-order valence-corrected chi connectivity index (χ1v) is 11.3. The quantitative estimate of drug-likeness (QED) is 0.102. The summed E-state index contributed by atoms with van der Waals surface area (Å²) in [6, 6.07) is 11.6. The zero-order valence-electron chi connectivity index (χ0n) is 21.1. The van der Waals surface area contributed by atoms with Crippen molar-refractivity contribution in [1.29, 1.82) is 0 Å². The lowest BCUT2D eigenvalue weighted by molar-refractivity contribution is -0.128. The van der Waals surface area contributed by atoms with Gasteiger partial charge in [0.25, 0.3) is 0 Å². The van der Waals surface area contributed by atoms with Crippen LogP contribution in [0, 0.1) is 0 Å². The number of benzene rings is 3. The minimum Gasteiger partial charge on any atom is -0.493 e. The van der Waals surface area contributed by atoms with Crippen molar-refractivity contribution in [2.75, 3.05) is 35.0 Å². The summed E-state index contributed by atoms with van der Waals surface area (Å²) in [6.45, 7) is 2.39. The molecule has 0 saturated heterocycles. The van der Waals surface area contributed by atoms with Gasteiger partial charge >= 0.3 is 11.6 Å². The van der Waals surface area contributed by atoms with Gasteiger partial charge < -0.3 is 32.8 Å². The van der Waals surface area contributed by atoms with Crippen LogP contribution in [-0.2, 0) is 4.79 Å². The highest BCUT2D eigenvalue weighted by molar-refractivity contribution is 6.10. The summed E-state index contributed by atoms with van der Waals surface area (Å²) in [4.78, 5) is 25.3. The van der Waals surface area contributed by atoms with Crippen LogP contribution in [0.25, 0.3) is 27.8 Å². The molecule has 0 saturated carbocycles. The molecule has 192 valence electrons. The third-order valence-electron chi connectivity index (χ3n) is 5.59. The summed E-state index contributed by atoms with van der Waals surface area (Å²) in [6.07, 6.45) is 2.88. The van der Waals surface area contributed by atoms with Crippen LogP contribution >= 0.6 is 0 Å². The van der Waals surface area contributed by atoms with Gasteiger partial charge in [-0.15, -0.1) is 0 Å². The van der Waals surface area contributed by atoms with E-state index in [4.69, 9.17) is 32.8 Å². The Balaban J connectivity index is 1.65. The van der Waals surface area contributed by atoms with Crippen molar-refractivity contribution in [3.63, 3.8) is 0 Å². The Labute approximate surface area is 212 Å². The van der Waals surface area contributed by atoms with E-state index in [0.29, 0.717) is 46.1 Å². The van der Waals surface area contributed by atoms with Gasteiger partial charge in [-0.05, 0) is 48.9 Å². The van der Waals surface area contributed by atoms with Crippen LogP contribution in [0.3, 0.4) is 0 Å². The van der Waals surface area contributed by atoms with Crippen molar-refractivity contribution < 1.29 is 37.6 Å². The molecule has 0 unspecified atom stereocenters. The molecule has 0 aliphatic rings. The molecule has 1 heterocycles.